The summed E-state index contributed by atoms with van der Waals surface area (Å²) >= 11 is 6.08. The van der Waals surface area contributed by atoms with Crippen LogP contribution in [0.3, 0.4) is 0 Å². The summed E-state index contributed by atoms with van der Waals surface area (Å²) in [6, 6.07) is 11.9. The summed E-state index contributed by atoms with van der Waals surface area (Å²) in [5, 5.41) is 13.6. The van der Waals surface area contributed by atoms with Crippen LogP contribution < -0.4 is 14.8 Å². The fourth-order valence-corrected chi connectivity index (χ4v) is 3.76. The number of thioether (sulfide) groups is 1. The third-order valence-corrected chi connectivity index (χ3v) is 5.23. The van der Waals surface area contributed by atoms with Crippen LogP contribution in [-0.4, -0.2) is 28.4 Å². The van der Waals surface area contributed by atoms with Gasteiger partial charge in [0.15, 0.2) is 0 Å². The van der Waals surface area contributed by atoms with Crippen LogP contribution >= 0.6 is 24.0 Å². The zero-order valence-corrected chi connectivity index (χ0v) is 17.5. The van der Waals surface area contributed by atoms with Crippen molar-refractivity contribution < 1.29 is 19.2 Å². The SMILES string of the molecule is C=CCc1ccccc1OCCOc1ccc([N+](=O)[O-])cc1/C=C1\SC(=S)NC1=O. The van der Waals surface area contributed by atoms with E-state index in [0.29, 0.717) is 27.0 Å². The number of allylic oxidation sites excluding steroid dienone is 1. The Morgan fingerprint density at radius 2 is 1.90 bits per heavy atom. The summed E-state index contributed by atoms with van der Waals surface area (Å²) in [7, 11) is 0. The van der Waals surface area contributed by atoms with E-state index in [1.165, 1.54) is 24.3 Å². The molecule has 0 radical (unpaired) electrons. The minimum absolute atomic E-state index is 0.102. The monoisotopic (exact) mass is 442 g/mol. The Kier molecular flexibility index (Phi) is 7.21. The number of amides is 1. The van der Waals surface area contributed by atoms with Crippen molar-refractivity contribution in [2.45, 2.75) is 6.42 Å². The predicted octanol–water partition coefficient (Wildman–Crippen LogP) is 4.27. The fraction of sp³-hybridized carbons (Fsp3) is 0.143. The number of ether oxygens (including phenoxy) is 2. The van der Waals surface area contributed by atoms with Crippen LogP contribution in [0.5, 0.6) is 11.5 Å². The largest absolute Gasteiger partial charge is 0.490 e. The van der Waals surface area contributed by atoms with Crippen LogP contribution in [-0.2, 0) is 11.2 Å². The minimum atomic E-state index is -0.502. The fourth-order valence-electron chi connectivity index (χ4n) is 2.73. The first-order chi connectivity index (χ1) is 14.5. The molecule has 0 bridgehead atoms. The van der Waals surface area contributed by atoms with Crippen molar-refractivity contribution >= 4 is 46.0 Å². The first-order valence-corrected chi connectivity index (χ1v) is 10.2. The Bertz CT molecular complexity index is 1040. The second-order valence-electron chi connectivity index (χ2n) is 6.13. The molecule has 0 unspecified atom stereocenters. The van der Waals surface area contributed by atoms with Crippen molar-refractivity contribution in [3.63, 3.8) is 0 Å². The van der Waals surface area contributed by atoms with Gasteiger partial charge in [-0.05, 0) is 30.2 Å². The van der Waals surface area contributed by atoms with E-state index >= 15 is 0 Å². The molecule has 9 heteroatoms. The molecule has 3 rings (SSSR count). The second kappa shape index (κ2) is 10.0. The summed E-state index contributed by atoms with van der Waals surface area (Å²) < 4.78 is 11.9. The Hall–Kier alpha value is -3.17. The number of non-ortho nitro benzene ring substituents is 1. The molecule has 30 heavy (non-hydrogen) atoms. The third kappa shape index (κ3) is 5.46. The molecule has 1 saturated heterocycles. The number of nitro benzene ring substituents is 1. The number of hydrogen-bond donors (Lipinski definition) is 1. The molecule has 0 aliphatic carbocycles. The molecule has 0 spiro atoms. The number of carbonyl (C=O) groups excluding carboxylic acids is 1. The van der Waals surface area contributed by atoms with Gasteiger partial charge in [0.25, 0.3) is 11.6 Å². The first-order valence-electron chi connectivity index (χ1n) is 8.95. The summed E-state index contributed by atoms with van der Waals surface area (Å²) in [5.41, 5.74) is 1.34. The van der Waals surface area contributed by atoms with E-state index in [1.807, 2.05) is 24.3 Å². The van der Waals surface area contributed by atoms with E-state index in [4.69, 9.17) is 21.7 Å². The van der Waals surface area contributed by atoms with E-state index in [2.05, 4.69) is 11.9 Å². The molecular weight excluding hydrogens is 424 g/mol. The summed E-state index contributed by atoms with van der Waals surface area (Å²) in [6.07, 6.45) is 4.03. The van der Waals surface area contributed by atoms with Crippen molar-refractivity contribution in [2.24, 2.45) is 0 Å². The lowest BCUT2D eigenvalue weighted by molar-refractivity contribution is -0.384. The summed E-state index contributed by atoms with van der Waals surface area (Å²) in [4.78, 5) is 22.9. The second-order valence-corrected chi connectivity index (χ2v) is 7.85. The molecule has 1 fully saturated rings. The van der Waals surface area contributed by atoms with Gasteiger partial charge in [-0.1, -0.05) is 48.3 Å². The normalized spacial score (nSPS) is 14.5. The lowest BCUT2D eigenvalue weighted by atomic mass is 10.1. The Labute approximate surface area is 182 Å². The van der Waals surface area contributed by atoms with Crippen molar-refractivity contribution in [1.29, 1.82) is 0 Å². The minimum Gasteiger partial charge on any atom is -0.490 e. The molecule has 0 aromatic heterocycles. The highest BCUT2D eigenvalue weighted by molar-refractivity contribution is 8.26. The number of nitro groups is 1. The smallest absolute Gasteiger partial charge is 0.270 e. The maximum atomic E-state index is 11.9. The summed E-state index contributed by atoms with van der Waals surface area (Å²) in [6.45, 7) is 4.24. The number of nitrogens with one attached hydrogen (secondary N) is 1. The van der Waals surface area contributed by atoms with Gasteiger partial charge in [0.1, 0.15) is 29.0 Å². The van der Waals surface area contributed by atoms with E-state index < -0.39 is 4.92 Å². The molecule has 2 aromatic rings. The van der Waals surface area contributed by atoms with Crippen molar-refractivity contribution in [3.05, 3.63) is 81.3 Å². The number of carbonyl (C=O) groups is 1. The number of hydrogen-bond acceptors (Lipinski definition) is 7. The van der Waals surface area contributed by atoms with Gasteiger partial charge < -0.3 is 14.8 Å². The standard InChI is InChI=1S/C21H18N2O5S2/c1-2-5-14-6-3-4-7-17(14)27-10-11-28-18-9-8-16(23(25)26)12-15(18)13-19-20(24)22-21(29)30-19/h2-4,6-9,12-13H,1,5,10-11H2,(H,22,24,29)/b19-13-. The van der Waals surface area contributed by atoms with E-state index in [0.717, 1.165) is 23.1 Å². The molecule has 1 heterocycles. The zero-order valence-electron chi connectivity index (χ0n) is 15.8. The van der Waals surface area contributed by atoms with Crippen LogP contribution in [0.25, 0.3) is 6.08 Å². The highest BCUT2D eigenvalue weighted by Crippen LogP contribution is 2.31. The van der Waals surface area contributed by atoms with E-state index in [1.54, 1.807) is 6.08 Å². The molecule has 0 atom stereocenters. The highest BCUT2D eigenvalue weighted by Gasteiger charge is 2.23. The first kappa shape index (κ1) is 21.5. The lowest BCUT2D eigenvalue weighted by Crippen LogP contribution is -2.17. The molecule has 0 saturated carbocycles. The van der Waals surface area contributed by atoms with Crippen LogP contribution in [0.1, 0.15) is 11.1 Å². The topological polar surface area (TPSA) is 90.7 Å². The maximum Gasteiger partial charge on any atom is 0.270 e. The molecule has 2 aromatic carbocycles. The number of para-hydroxylation sites is 1. The molecule has 154 valence electrons. The van der Waals surface area contributed by atoms with Crippen LogP contribution in [0, 0.1) is 10.1 Å². The van der Waals surface area contributed by atoms with Gasteiger partial charge in [0.05, 0.1) is 9.83 Å². The molecule has 1 N–H and O–H groups in total. The van der Waals surface area contributed by atoms with Crippen LogP contribution in [0.4, 0.5) is 5.69 Å². The Balaban J connectivity index is 1.72. The molecule has 1 amide bonds. The third-order valence-electron chi connectivity index (χ3n) is 4.07. The van der Waals surface area contributed by atoms with Crippen LogP contribution in [0.15, 0.2) is 60.0 Å². The van der Waals surface area contributed by atoms with Crippen LogP contribution in [0.2, 0.25) is 0 Å². The average molecular weight is 443 g/mol. The van der Waals surface area contributed by atoms with Gasteiger partial charge in [-0.3, -0.25) is 14.9 Å². The quantitative estimate of drug-likeness (QED) is 0.155. The Morgan fingerprint density at radius 1 is 1.17 bits per heavy atom. The van der Waals surface area contributed by atoms with Gasteiger partial charge in [-0.25, -0.2) is 0 Å². The Morgan fingerprint density at radius 3 is 2.57 bits per heavy atom. The van der Waals surface area contributed by atoms with Crippen molar-refractivity contribution in [3.8, 4) is 11.5 Å². The number of thiocarbonyl (C=S) groups is 1. The predicted molar refractivity (Wildman–Crippen MR) is 121 cm³/mol. The molecular formula is C21H18N2O5S2. The van der Waals surface area contributed by atoms with Crippen molar-refractivity contribution in [2.75, 3.05) is 13.2 Å². The molecule has 1 aliphatic heterocycles. The zero-order chi connectivity index (χ0) is 21.5. The maximum absolute atomic E-state index is 11.9. The average Bonchev–Trinajstić information content (AvgIpc) is 3.04. The van der Waals surface area contributed by atoms with Gasteiger partial charge in [0, 0.05) is 17.7 Å². The lowest BCUT2D eigenvalue weighted by Gasteiger charge is -2.12. The number of rotatable bonds is 9. The highest BCUT2D eigenvalue weighted by atomic mass is 32.2. The number of nitrogens with zero attached hydrogens (tertiary/aromatic N) is 1. The van der Waals surface area contributed by atoms with Crippen molar-refractivity contribution in [1.82, 2.24) is 5.32 Å². The van der Waals surface area contributed by atoms with Gasteiger partial charge in [-0.2, -0.15) is 0 Å². The molecule has 1 aliphatic rings. The van der Waals surface area contributed by atoms with Gasteiger partial charge in [-0.15, -0.1) is 6.58 Å². The van der Waals surface area contributed by atoms with Gasteiger partial charge >= 0.3 is 0 Å². The molecule has 7 nitrogen and oxygen atoms in total. The van der Waals surface area contributed by atoms with E-state index in [9.17, 15) is 14.9 Å². The van der Waals surface area contributed by atoms with E-state index in [-0.39, 0.29) is 24.8 Å². The van der Waals surface area contributed by atoms with Gasteiger partial charge in [0.2, 0.25) is 0 Å². The number of benzene rings is 2. The summed E-state index contributed by atoms with van der Waals surface area (Å²) in [5.74, 6) is 0.812.